The first kappa shape index (κ1) is 12.6. The molecule has 4 heteroatoms. The highest BCUT2D eigenvalue weighted by atomic mass is 16.5. The highest BCUT2D eigenvalue weighted by Gasteiger charge is 2.28. The van der Waals surface area contributed by atoms with Crippen molar-refractivity contribution in [2.45, 2.75) is 26.4 Å². The number of aliphatic hydroxyl groups excluding tert-OH is 1. The van der Waals surface area contributed by atoms with Crippen LogP contribution in [0.4, 0.5) is 0 Å². The fourth-order valence-corrected chi connectivity index (χ4v) is 1.78. The summed E-state index contributed by atoms with van der Waals surface area (Å²) in [7, 11) is 0. The Morgan fingerprint density at radius 3 is 2.93 bits per heavy atom. The van der Waals surface area contributed by atoms with E-state index >= 15 is 0 Å². The van der Waals surface area contributed by atoms with Crippen LogP contribution in [0.3, 0.4) is 0 Å². The first-order valence-corrected chi connectivity index (χ1v) is 5.54. The van der Waals surface area contributed by atoms with Gasteiger partial charge >= 0.3 is 0 Å². The van der Waals surface area contributed by atoms with Crippen molar-refractivity contribution >= 4 is 6.29 Å². The molecule has 88 valence electrons. The Morgan fingerprint density at radius 1 is 1.67 bits per heavy atom. The van der Waals surface area contributed by atoms with E-state index in [-0.39, 0.29) is 18.1 Å². The highest BCUT2D eigenvalue weighted by molar-refractivity contribution is 5.58. The topological polar surface area (TPSA) is 49.8 Å². The van der Waals surface area contributed by atoms with Gasteiger partial charge in [-0.25, -0.2) is 0 Å². The monoisotopic (exact) mass is 215 g/mol. The quantitative estimate of drug-likeness (QED) is 0.670. The predicted octanol–water partition coefficient (Wildman–Crippen LogP) is 0.295. The summed E-state index contributed by atoms with van der Waals surface area (Å²) in [4.78, 5) is 13.2. The lowest BCUT2D eigenvalue weighted by Crippen LogP contribution is -2.48. The Balaban J connectivity index is 2.46. The minimum atomic E-state index is -0.267. The van der Waals surface area contributed by atoms with Crippen LogP contribution in [-0.2, 0) is 9.53 Å². The van der Waals surface area contributed by atoms with Crippen molar-refractivity contribution in [3.63, 3.8) is 0 Å². The Labute approximate surface area is 91.2 Å². The average Bonchev–Trinajstić information content (AvgIpc) is 2.29. The molecule has 0 aromatic rings. The molecule has 2 atom stereocenters. The van der Waals surface area contributed by atoms with Gasteiger partial charge in [0.25, 0.3) is 0 Å². The van der Waals surface area contributed by atoms with Crippen molar-refractivity contribution < 1.29 is 14.6 Å². The number of carbonyl (C=O) groups is 1. The van der Waals surface area contributed by atoms with Crippen LogP contribution in [0.5, 0.6) is 0 Å². The Kier molecular flexibility index (Phi) is 4.70. The first-order valence-electron chi connectivity index (χ1n) is 5.54. The van der Waals surface area contributed by atoms with E-state index in [0.717, 1.165) is 32.3 Å². The lowest BCUT2D eigenvalue weighted by Gasteiger charge is -2.36. The lowest BCUT2D eigenvalue weighted by atomic mass is 9.88. The van der Waals surface area contributed by atoms with Gasteiger partial charge < -0.3 is 14.6 Å². The molecular weight excluding hydrogens is 194 g/mol. The number of aldehydes is 1. The summed E-state index contributed by atoms with van der Waals surface area (Å²) in [5, 5.41) is 9.00. The third-order valence-corrected chi connectivity index (χ3v) is 3.10. The van der Waals surface area contributed by atoms with Gasteiger partial charge in [-0.1, -0.05) is 13.8 Å². The summed E-state index contributed by atoms with van der Waals surface area (Å²) >= 11 is 0. The second-order valence-corrected chi connectivity index (χ2v) is 4.54. The summed E-state index contributed by atoms with van der Waals surface area (Å²) in [5.74, 6) is 0. The number of morpholine rings is 1. The molecular formula is C11H21NO3. The van der Waals surface area contributed by atoms with Gasteiger partial charge in [0.05, 0.1) is 19.3 Å². The standard InChI is InChI=1S/C11H21NO3/c1-3-11(2,9-14)8-12-4-5-15-10(6-12)7-13/h9-10,13H,3-8H2,1-2H3. The van der Waals surface area contributed by atoms with Gasteiger partial charge in [0, 0.05) is 25.0 Å². The summed E-state index contributed by atoms with van der Waals surface area (Å²) < 4.78 is 5.36. The van der Waals surface area contributed by atoms with Gasteiger partial charge in [0.2, 0.25) is 0 Å². The summed E-state index contributed by atoms with van der Waals surface area (Å²) in [6, 6.07) is 0. The molecule has 0 aromatic heterocycles. The number of hydrogen-bond donors (Lipinski definition) is 1. The van der Waals surface area contributed by atoms with Crippen molar-refractivity contribution in [2.24, 2.45) is 5.41 Å². The van der Waals surface area contributed by atoms with E-state index in [2.05, 4.69) is 4.90 Å². The van der Waals surface area contributed by atoms with Gasteiger partial charge in [-0.3, -0.25) is 4.90 Å². The van der Waals surface area contributed by atoms with Crippen molar-refractivity contribution in [2.75, 3.05) is 32.8 Å². The number of hydrogen-bond acceptors (Lipinski definition) is 4. The molecule has 2 unspecified atom stereocenters. The lowest BCUT2D eigenvalue weighted by molar-refractivity contribution is -0.118. The largest absolute Gasteiger partial charge is 0.394 e. The summed E-state index contributed by atoms with van der Waals surface area (Å²) in [5.41, 5.74) is -0.267. The number of carbonyl (C=O) groups excluding carboxylic acids is 1. The molecule has 0 amide bonds. The number of ether oxygens (including phenoxy) is 1. The molecule has 0 aliphatic carbocycles. The zero-order valence-corrected chi connectivity index (χ0v) is 9.61. The molecule has 0 spiro atoms. The number of nitrogens with zero attached hydrogens (tertiary/aromatic N) is 1. The average molecular weight is 215 g/mol. The Bertz CT molecular complexity index is 210. The molecule has 0 aromatic carbocycles. The predicted molar refractivity (Wildman–Crippen MR) is 57.7 cm³/mol. The van der Waals surface area contributed by atoms with Crippen LogP contribution in [0.1, 0.15) is 20.3 Å². The molecule has 1 aliphatic rings. The molecule has 0 radical (unpaired) electrons. The zero-order valence-electron chi connectivity index (χ0n) is 9.61. The van der Waals surface area contributed by atoms with E-state index in [1.807, 2.05) is 13.8 Å². The Morgan fingerprint density at radius 2 is 2.40 bits per heavy atom. The smallest absolute Gasteiger partial charge is 0.127 e. The van der Waals surface area contributed by atoms with Gasteiger partial charge in [0.15, 0.2) is 0 Å². The molecule has 4 nitrogen and oxygen atoms in total. The van der Waals surface area contributed by atoms with E-state index in [4.69, 9.17) is 9.84 Å². The third kappa shape index (κ3) is 3.55. The molecule has 15 heavy (non-hydrogen) atoms. The maximum atomic E-state index is 11.0. The van der Waals surface area contributed by atoms with Crippen LogP contribution in [-0.4, -0.2) is 55.2 Å². The minimum Gasteiger partial charge on any atom is -0.394 e. The van der Waals surface area contributed by atoms with Crippen LogP contribution in [0.25, 0.3) is 0 Å². The number of rotatable bonds is 5. The van der Waals surface area contributed by atoms with E-state index in [1.54, 1.807) is 0 Å². The Hall–Kier alpha value is -0.450. The normalized spacial score (nSPS) is 27.3. The van der Waals surface area contributed by atoms with E-state index in [1.165, 1.54) is 0 Å². The fraction of sp³-hybridized carbons (Fsp3) is 0.909. The summed E-state index contributed by atoms with van der Waals surface area (Å²) in [6.07, 6.45) is 1.79. The van der Waals surface area contributed by atoms with Gasteiger partial charge in [0.1, 0.15) is 6.29 Å². The summed E-state index contributed by atoms with van der Waals surface area (Å²) in [6.45, 7) is 7.03. The van der Waals surface area contributed by atoms with Crippen molar-refractivity contribution in [1.82, 2.24) is 4.90 Å². The van der Waals surface area contributed by atoms with E-state index in [9.17, 15) is 4.79 Å². The zero-order chi connectivity index (χ0) is 11.3. The number of aliphatic hydroxyl groups is 1. The van der Waals surface area contributed by atoms with Gasteiger partial charge in [-0.2, -0.15) is 0 Å². The molecule has 1 rings (SSSR count). The minimum absolute atomic E-state index is 0.0560. The molecule has 1 N–H and O–H groups in total. The fourth-order valence-electron chi connectivity index (χ4n) is 1.78. The van der Waals surface area contributed by atoms with Gasteiger partial charge in [-0.15, -0.1) is 0 Å². The van der Waals surface area contributed by atoms with Crippen molar-refractivity contribution in [1.29, 1.82) is 0 Å². The van der Waals surface area contributed by atoms with Crippen LogP contribution in [0.15, 0.2) is 0 Å². The maximum absolute atomic E-state index is 11.0. The SMILES string of the molecule is CCC(C)(C=O)CN1CCOC(CO)C1. The van der Waals surface area contributed by atoms with Crippen molar-refractivity contribution in [3.05, 3.63) is 0 Å². The van der Waals surface area contributed by atoms with E-state index < -0.39 is 0 Å². The third-order valence-electron chi connectivity index (χ3n) is 3.10. The van der Waals surface area contributed by atoms with E-state index in [0.29, 0.717) is 6.61 Å². The maximum Gasteiger partial charge on any atom is 0.127 e. The van der Waals surface area contributed by atoms with Crippen LogP contribution in [0.2, 0.25) is 0 Å². The molecule has 0 saturated carbocycles. The molecule has 0 bridgehead atoms. The first-order chi connectivity index (χ1) is 7.13. The highest BCUT2D eigenvalue weighted by Crippen LogP contribution is 2.20. The molecule has 1 fully saturated rings. The van der Waals surface area contributed by atoms with Crippen molar-refractivity contribution in [3.8, 4) is 0 Å². The van der Waals surface area contributed by atoms with Gasteiger partial charge in [-0.05, 0) is 6.42 Å². The second-order valence-electron chi connectivity index (χ2n) is 4.54. The second kappa shape index (κ2) is 5.58. The van der Waals surface area contributed by atoms with Crippen LogP contribution >= 0.6 is 0 Å². The van der Waals surface area contributed by atoms with Crippen LogP contribution in [0, 0.1) is 5.41 Å². The molecule has 1 aliphatic heterocycles. The molecule has 1 heterocycles. The van der Waals surface area contributed by atoms with Crippen LogP contribution < -0.4 is 0 Å². The molecule has 1 saturated heterocycles.